The normalized spacial score (nSPS) is 12.0. The van der Waals surface area contributed by atoms with Crippen molar-refractivity contribution in [3.8, 4) is 0 Å². The summed E-state index contributed by atoms with van der Waals surface area (Å²) >= 11 is 0. The van der Waals surface area contributed by atoms with Crippen molar-refractivity contribution in [2.24, 2.45) is 5.73 Å². The van der Waals surface area contributed by atoms with Crippen molar-refractivity contribution in [2.75, 3.05) is 0 Å². The molecule has 3 aromatic rings. The molecule has 0 spiro atoms. The Morgan fingerprint density at radius 2 is 1.50 bits per heavy atom. The number of nitrogens with two attached hydrogens (primary N) is 1. The minimum Gasteiger partial charge on any atom is -0.481 e. The highest BCUT2D eigenvalue weighted by Crippen LogP contribution is 2.28. The molecule has 3 aromatic carbocycles. The summed E-state index contributed by atoms with van der Waals surface area (Å²) in [7, 11) is 0. The first-order chi connectivity index (χ1) is 12.5. The molecule has 2 amide bonds. The predicted molar refractivity (Wildman–Crippen MR) is 98.8 cm³/mol. The van der Waals surface area contributed by atoms with E-state index in [1.54, 1.807) is 0 Å². The van der Waals surface area contributed by atoms with Crippen molar-refractivity contribution in [3.63, 3.8) is 0 Å². The van der Waals surface area contributed by atoms with Gasteiger partial charge in [-0.2, -0.15) is 0 Å². The van der Waals surface area contributed by atoms with Gasteiger partial charge in [-0.25, -0.2) is 0 Å². The highest BCUT2D eigenvalue weighted by Gasteiger charge is 2.22. The van der Waals surface area contributed by atoms with Crippen LogP contribution in [-0.4, -0.2) is 28.9 Å². The molecule has 3 rings (SSSR count). The van der Waals surface area contributed by atoms with E-state index in [0.717, 1.165) is 21.5 Å². The van der Waals surface area contributed by atoms with E-state index < -0.39 is 23.8 Å². The molecule has 0 aliphatic heterocycles. The Morgan fingerprint density at radius 1 is 0.962 bits per heavy atom. The fourth-order valence-electron chi connectivity index (χ4n) is 3.04. The number of carboxylic acids is 1. The van der Waals surface area contributed by atoms with Crippen LogP contribution in [0.1, 0.15) is 23.2 Å². The molecule has 0 radical (unpaired) electrons. The van der Waals surface area contributed by atoms with Gasteiger partial charge in [0, 0.05) is 6.42 Å². The van der Waals surface area contributed by atoms with Crippen LogP contribution >= 0.6 is 0 Å². The average molecular weight is 350 g/mol. The second kappa shape index (κ2) is 7.23. The van der Waals surface area contributed by atoms with E-state index in [9.17, 15) is 14.4 Å². The molecule has 0 unspecified atom stereocenters. The molecular weight excluding hydrogens is 332 g/mol. The molecular formula is C20H18N2O4. The van der Waals surface area contributed by atoms with E-state index >= 15 is 0 Å². The molecule has 132 valence electrons. The van der Waals surface area contributed by atoms with Gasteiger partial charge in [0.05, 0.1) is 5.56 Å². The van der Waals surface area contributed by atoms with Crippen molar-refractivity contribution in [3.05, 3.63) is 60.2 Å². The molecule has 0 aliphatic carbocycles. The molecule has 0 bridgehead atoms. The topological polar surface area (TPSA) is 109 Å². The fourth-order valence-corrected chi connectivity index (χ4v) is 3.04. The number of hydrogen-bond acceptors (Lipinski definition) is 3. The lowest BCUT2D eigenvalue weighted by atomic mass is 9.96. The van der Waals surface area contributed by atoms with Gasteiger partial charge in [-0.05, 0) is 34.0 Å². The molecule has 6 heteroatoms. The minimum atomic E-state index is -1.05. The van der Waals surface area contributed by atoms with Crippen molar-refractivity contribution in [2.45, 2.75) is 18.9 Å². The summed E-state index contributed by atoms with van der Waals surface area (Å²) < 4.78 is 0. The van der Waals surface area contributed by atoms with Gasteiger partial charge in [0.25, 0.3) is 5.91 Å². The summed E-state index contributed by atoms with van der Waals surface area (Å²) in [5, 5.41) is 14.7. The van der Waals surface area contributed by atoms with Crippen molar-refractivity contribution in [1.29, 1.82) is 0 Å². The number of amides is 2. The summed E-state index contributed by atoms with van der Waals surface area (Å²) in [6, 6.07) is 15.9. The monoisotopic (exact) mass is 350 g/mol. The zero-order chi connectivity index (χ0) is 18.7. The van der Waals surface area contributed by atoms with E-state index in [-0.39, 0.29) is 12.8 Å². The third kappa shape index (κ3) is 3.49. The van der Waals surface area contributed by atoms with E-state index in [4.69, 9.17) is 10.8 Å². The zero-order valence-corrected chi connectivity index (χ0v) is 13.9. The smallest absolute Gasteiger partial charge is 0.303 e. The lowest BCUT2D eigenvalue weighted by Gasteiger charge is -2.17. The van der Waals surface area contributed by atoms with E-state index in [2.05, 4.69) is 5.32 Å². The molecule has 1 atom stereocenters. The number of benzene rings is 3. The number of nitrogens with one attached hydrogen (secondary N) is 1. The van der Waals surface area contributed by atoms with Gasteiger partial charge in [-0.3, -0.25) is 14.4 Å². The molecule has 0 saturated heterocycles. The number of aliphatic carboxylic acids is 1. The molecule has 0 saturated carbocycles. The Bertz CT molecular complexity index is 959. The standard InChI is InChI=1S/C20H18N2O4/c21-19(25)16(9-10-17(23)24)22-20(26)18-14-7-3-1-5-12(14)11-13-6-2-4-8-15(13)18/h1-8,11,16H,9-10H2,(H2,21,25)(H,22,26)(H,23,24)/t16-/m0/s1. The van der Waals surface area contributed by atoms with Gasteiger partial charge in [0.1, 0.15) is 6.04 Å². The number of carbonyl (C=O) groups is 3. The van der Waals surface area contributed by atoms with Gasteiger partial charge in [-0.15, -0.1) is 0 Å². The summed E-state index contributed by atoms with van der Waals surface area (Å²) in [5.74, 6) is -2.27. The Morgan fingerprint density at radius 3 is 2.00 bits per heavy atom. The molecule has 0 fully saturated rings. The summed E-state index contributed by atoms with van der Waals surface area (Å²) in [5.41, 5.74) is 5.77. The number of carbonyl (C=O) groups excluding carboxylic acids is 2. The second-order valence-electron chi connectivity index (χ2n) is 6.05. The van der Waals surface area contributed by atoms with Crippen molar-refractivity contribution < 1.29 is 19.5 Å². The maximum absolute atomic E-state index is 13.0. The Labute approximate surface area is 149 Å². The van der Waals surface area contributed by atoms with Crippen LogP contribution in [0.25, 0.3) is 21.5 Å². The first-order valence-electron chi connectivity index (χ1n) is 8.20. The number of carboxylic acid groups (broad SMARTS) is 1. The van der Waals surface area contributed by atoms with Crippen molar-refractivity contribution >= 4 is 39.3 Å². The van der Waals surface area contributed by atoms with Gasteiger partial charge in [0.2, 0.25) is 5.91 Å². The quantitative estimate of drug-likeness (QED) is 0.593. The molecule has 0 heterocycles. The van der Waals surface area contributed by atoms with Crippen LogP contribution in [0.2, 0.25) is 0 Å². The van der Waals surface area contributed by atoms with Gasteiger partial charge in [-0.1, -0.05) is 48.5 Å². The highest BCUT2D eigenvalue weighted by molar-refractivity contribution is 6.18. The third-order valence-corrected chi connectivity index (χ3v) is 4.29. The van der Waals surface area contributed by atoms with E-state index in [1.807, 2.05) is 54.6 Å². The fraction of sp³-hybridized carbons (Fsp3) is 0.150. The van der Waals surface area contributed by atoms with Crippen LogP contribution in [0.15, 0.2) is 54.6 Å². The van der Waals surface area contributed by atoms with Gasteiger partial charge >= 0.3 is 5.97 Å². The number of fused-ring (bicyclic) bond motifs is 2. The first-order valence-corrected chi connectivity index (χ1v) is 8.20. The lowest BCUT2D eigenvalue weighted by molar-refractivity contribution is -0.137. The maximum atomic E-state index is 13.0. The lowest BCUT2D eigenvalue weighted by Crippen LogP contribution is -2.44. The Kier molecular flexibility index (Phi) is 4.84. The number of rotatable bonds is 6. The van der Waals surface area contributed by atoms with Crippen LogP contribution in [0.5, 0.6) is 0 Å². The average Bonchev–Trinajstić information content (AvgIpc) is 2.62. The number of primary amides is 1. The Balaban J connectivity index is 2.05. The summed E-state index contributed by atoms with van der Waals surface area (Å²) in [6.07, 6.45) is -0.316. The number of hydrogen-bond donors (Lipinski definition) is 3. The van der Waals surface area contributed by atoms with Gasteiger partial charge < -0.3 is 16.2 Å². The van der Waals surface area contributed by atoms with Gasteiger partial charge in [0.15, 0.2) is 0 Å². The minimum absolute atomic E-state index is 0.0564. The Hall–Kier alpha value is -3.41. The molecule has 4 N–H and O–H groups in total. The first kappa shape index (κ1) is 17.4. The third-order valence-electron chi connectivity index (χ3n) is 4.29. The summed E-state index contributed by atoms with van der Waals surface area (Å²) in [4.78, 5) is 35.4. The van der Waals surface area contributed by atoms with Crippen LogP contribution in [0.4, 0.5) is 0 Å². The highest BCUT2D eigenvalue weighted by atomic mass is 16.4. The largest absolute Gasteiger partial charge is 0.481 e. The second-order valence-corrected chi connectivity index (χ2v) is 6.05. The van der Waals surface area contributed by atoms with Crippen LogP contribution in [-0.2, 0) is 9.59 Å². The molecule has 0 aliphatic rings. The maximum Gasteiger partial charge on any atom is 0.303 e. The van der Waals surface area contributed by atoms with E-state index in [1.165, 1.54) is 0 Å². The summed E-state index contributed by atoms with van der Waals surface area (Å²) in [6.45, 7) is 0. The predicted octanol–water partition coefficient (Wildman–Crippen LogP) is 2.44. The van der Waals surface area contributed by atoms with Crippen LogP contribution in [0.3, 0.4) is 0 Å². The molecule has 0 aromatic heterocycles. The molecule has 26 heavy (non-hydrogen) atoms. The zero-order valence-electron chi connectivity index (χ0n) is 13.9. The van der Waals surface area contributed by atoms with Crippen molar-refractivity contribution in [1.82, 2.24) is 5.32 Å². The SMILES string of the molecule is NC(=O)[C@H](CCC(=O)O)NC(=O)c1c2ccccc2cc2ccccc12. The van der Waals surface area contributed by atoms with Crippen LogP contribution in [0, 0.1) is 0 Å². The van der Waals surface area contributed by atoms with Crippen LogP contribution < -0.4 is 11.1 Å². The van der Waals surface area contributed by atoms with E-state index in [0.29, 0.717) is 5.56 Å². The molecule has 6 nitrogen and oxygen atoms in total.